The first-order chi connectivity index (χ1) is 5.38. The van der Waals surface area contributed by atoms with Crippen molar-refractivity contribution in [3.8, 4) is 0 Å². The van der Waals surface area contributed by atoms with Crippen LogP contribution in [0.3, 0.4) is 0 Å². The lowest BCUT2D eigenvalue weighted by Gasteiger charge is -1.95. The van der Waals surface area contributed by atoms with Crippen LogP contribution in [0, 0.1) is 0 Å². The number of nitrogens with zero attached hydrogens (tertiary/aromatic N) is 2. The summed E-state index contributed by atoms with van der Waals surface area (Å²) in [6, 6.07) is 5.69. The highest BCUT2D eigenvalue weighted by atomic mass is 35.5. The second-order valence-electron chi connectivity index (χ2n) is 2.23. The Hall–Kier alpha value is -1.15. The Bertz CT molecular complexity index is 381. The maximum Gasteiger partial charge on any atom is 0.0589 e. The SMILES string of the molecule is Clc1cccc2cnncc12. The fraction of sp³-hybridized carbons (Fsp3) is 0. The standard InChI is InChI=1S/C8H5ClN2/c9-8-3-1-2-6-4-10-11-5-7(6)8/h1-5H. The van der Waals surface area contributed by atoms with Gasteiger partial charge in [-0.15, -0.1) is 0 Å². The summed E-state index contributed by atoms with van der Waals surface area (Å²) in [6.07, 6.45) is 3.36. The molecule has 0 bridgehead atoms. The molecule has 2 rings (SSSR count). The minimum atomic E-state index is 0.720. The van der Waals surface area contributed by atoms with Gasteiger partial charge in [-0.25, -0.2) is 0 Å². The number of halogens is 1. The Morgan fingerprint density at radius 3 is 2.73 bits per heavy atom. The summed E-state index contributed by atoms with van der Waals surface area (Å²) < 4.78 is 0. The van der Waals surface area contributed by atoms with E-state index in [1.165, 1.54) is 0 Å². The van der Waals surface area contributed by atoms with Crippen molar-refractivity contribution in [2.75, 3.05) is 0 Å². The average Bonchev–Trinajstić information content (AvgIpc) is 2.06. The zero-order chi connectivity index (χ0) is 7.68. The van der Waals surface area contributed by atoms with E-state index in [4.69, 9.17) is 11.6 Å². The smallest absolute Gasteiger partial charge is 0.0589 e. The Kier molecular flexibility index (Phi) is 1.47. The molecule has 0 aliphatic rings. The van der Waals surface area contributed by atoms with Crippen molar-refractivity contribution >= 4 is 22.4 Å². The lowest BCUT2D eigenvalue weighted by Crippen LogP contribution is -1.79. The number of hydrogen-bond donors (Lipinski definition) is 0. The van der Waals surface area contributed by atoms with Crippen LogP contribution in [0.2, 0.25) is 5.02 Å². The Balaban J connectivity index is 2.91. The number of aromatic nitrogens is 2. The topological polar surface area (TPSA) is 25.8 Å². The van der Waals surface area contributed by atoms with Gasteiger partial charge in [-0.3, -0.25) is 0 Å². The molecule has 0 aliphatic carbocycles. The summed E-state index contributed by atoms with van der Waals surface area (Å²) in [5.41, 5.74) is 0. The van der Waals surface area contributed by atoms with Gasteiger partial charge in [0, 0.05) is 10.8 Å². The molecular weight excluding hydrogens is 160 g/mol. The van der Waals surface area contributed by atoms with Crippen LogP contribution in [-0.2, 0) is 0 Å². The molecule has 0 radical (unpaired) electrons. The van der Waals surface area contributed by atoms with Crippen LogP contribution in [0.25, 0.3) is 10.8 Å². The molecule has 0 atom stereocenters. The summed E-state index contributed by atoms with van der Waals surface area (Å²) in [7, 11) is 0. The summed E-state index contributed by atoms with van der Waals surface area (Å²) in [5, 5.41) is 10.2. The molecule has 0 amide bonds. The molecule has 0 saturated heterocycles. The molecule has 1 aromatic heterocycles. The molecule has 3 heteroatoms. The number of fused-ring (bicyclic) bond motifs is 1. The van der Waals surface area contributed by atoms with E-state index in [0.717, 1.165) is 15.8 Å². The van der Waals surface area contributed by atoms with E-state index >= 15 is 0 Å². The Morgan fingerprint density at radius 2 is 1.91 bits per heavy atom. The van der Waals surface area contributed by atoms with Gasteiger partial charge in [0.1, 0.15) is 0 Å². The quantitative estimate of drug-likeness (QED) is 0.597. The molecule has 1 aromatic carbocycles. The van der Waals surface area contributed by atoms with Crippen molar-refractivity contribution in [3.05, 3.63) is 35.6 Å². The summed E-state index contributed by atoms with van der Waals surface area (Å²) in [4.78, 5) is 0. The first kappa shape index (κ1) is 6.55. The predicted octanol–water partition coefficient (Wildman–Crippen LogP) is 2.28. The number of hydrogen-bond acceptors (Lipinski definition) is 2. The van der Waals surface area contributed by atoms with Crippen molar-refractivity contribution < 1.29 is 0 Å². The maximum absolute atomic E-state index is 5.89. The normalized spacial score (nSPS) is 10.3. The molecular formula is C8H5ClN2. The largest absolute Gasteiger partial charge is 0.158 e. The molecule has 0 spiro atoms. The van der Waals surface area contributed by atoms with E-state index in [0.29, 0.717) is 0 Å². The van der Waals surface area contributed by atoms with Crippen LogP contribution >= 0.6 is 11.6 Å². The maximum atomic E-state index is 5.89. The van der Waals surface area contributed by atoms with Crippen LogP contribution in [0.15, 0.2) is 30.6 Å². The van der Waals surface area contributed by atoms with E-state index < -0.39 is 0 Å². The predicted molar refractivity (Wildman–Crippen MR) is 44.5 cm³/mol. The molecule has 11 heavy (non-hydrogen) atoms. The van der Waals surface area contributed by atoms with Crippen molar-refractivity contribution in [2.45, 2.75) is 0 Å². The molecule has 2 nitrogen and oxygen atoms in total. The van der Waals surface area contributed by atoms with Crippen LogP contribution in [0.1, 0.15) is 0 Å². The summed E-state index contributed by atoms with van der Waals surface area (Å²) in [5.74, 6) is 0. The first-order valence-electron chi connectivity index (χ1n) is 3.23. The van der Waals surface area contributed by atoms with Gasteiger partial charge in [0.15, 0.2) is 0 Å². The van der Waals surface area contributed by atoms with Crippen LogP contribution in [-0.4, -0.2) is 10.2 Å². The van der Waals surface area contributed by atoms with Gasteiger partial charge < -0.3 is 0 Å². The minimum absolute atomic E-state index is 0.720. The minimum Gasteiger partial charge on any atom is -0.158 e. The molecule has 0 saturated carbocycles. The highest BCUT2D eigenvalue weighted by Crippen LogP contribution is 2.20. The van der Waals surface area contributed by atoms with Crippen molar-refractivity contribution in [1.82, 2.24) is 10.2 Å². The molecule has 2 aromatic rings. The van der Waals surface area contributed by atoms with Crippen molar-refractivity contribution in [3.63, 3.8) is 0 Å². The van der Waals surface area contributed by atoms with Crippen molar-refractivity contribution in [1.29, 1.82) is 0 Å². The van der Waals surface area contributed by atoms with Crippen LogP contribution in [0.4, 0.5) is 0 Å². The average molecular weight is 165 g/mol. The van der Waals surface area contributed by atoms with E-state index in [1.54, 1.807) is 12.4 Å². The number of benzene rings is 1. The summed E-state index contributed by atoms with van der Waals surface area (Å²) in [6.45, 7) is 0. The molecule has 1 heterocycles. The molecule has 0 aliphatic heterocycles. The van der Waals surface area contributed by atoms with Gasteiger partial charge in [-0.1, -0.05) is 23.7 Å². The lowest BCUT2D eigenvalue weighted by molar-refractivity contribution is 1.05. The monoisotopic (exact) mass is 164 g/mol. The van der Waals surface area contributed by atoms with Gasteiger partial charge in [0.05, 0.1) is 17.4 Å². The third-order valence-corrected chi connectivity index (χ3v) is 1.87. The number of rotatable bonds is 0. The first-order valence-corrected chi connectivity index (χ1v) is 3.60. The van der Waals surface area contributed by atoms with Gasteiger partial charge in [-0.2, -0.15) is 10.2 Å². The highest BCUT2D eigenvalue weighted by molar-refractivity contribution is 6.35. The van der Waals surface area contributed by atoms with Crippen LogP contribution < -0.4 is 0 Å². The highest BCUT2D eigenvalue weighted by Gasteiger charge is 1.95. The van der Waals surface area contributed by atoms with E-state index in [2.05, 4.69) is 10.2 Å². The third kappa shape index (κ3) is 1.05. The van der Waals surface area contributed by atoms with Gasteiger partial charge in [-0.05, 0) is 6.07 Å². The fourth-order valence-electron chi connectivity index (χ4n) is 0.989. The Morgan fingerprint density at radius 1 is 1.09 bits per heavy atom. The zero-order valence-corrected chi connectivity index (χ0v) is 6.42. The fourth-order valence-corrected chi connectivity index (χ4v) is 1.22. The third-order valence-electron chi connectivity index (χ3n) is 1.54. The van der Waals surface area contributed by atoms with E-state index in [1.807, 2.05) is 18.2 Å². The second kappa shape index (κ2) is 2.47. The van der Waals surface area contributed by atoms with Crippen molar-refractivity contribution in [2.24, 2.45) is 0 Å². The molecule has 54 valence electrons. The zero-order valence-electron chi connectivity index (χ0n) is 5.66. The van der Waals surface area contributed by atoms with Gasteiger partial charge in [0.25, 0.3) is 0 Å². The second-order valence-corrected chi connectivity index (χ2v) is 2.64. The van der Waals surface area contributed by atoms with Gasteiger partial charge >= 0.3 is 0 Å². The van der Waals surface area contributed by atoms with E-state index in [-0.39, 0.29) is 0 Å². The Labute approximate surface area is 68.8 Å². The molecule has 0 unspecified atom stereocenters. The van der Waals surface area contributed by atoms with Crippen LogP contribution in [0.5, 0.6) is 0 Å². The van der Waals surface area contributed by atoms with Gasteiger partial charge in [0.2, 0.25) is 0 Å². The molecule has 0 fully saturated rings. The summed E-state index contributed by atoms with van der Waals surface area (Å²) >= 11 is 5.89. The molecule has 0 N–H and O–H groups in total. The van der Waals surface area contributed by atoms with E-state index in [9.17, 15) is 0 Å². The lowest BCUT2D eigenvalue weighted by atomic mass is 10.2.